The number of nitrogens with zero attached hydrogens (tertiary/aromatic N) is 4. The zero-order valence-corrected chi connectivity index (χ0v) is 19.6. The molecule has 3 heterocycles. The number of rotatable bonds is 8. The number of unbranched alkanes of at least 4 members (excludes halogenated alkanes) is 1. The fraction of sp³-hybridized carbons (Fsp3) is 0.407. The third kappa shape index (κ3) is 4.90. The van der Waals surface area contributed by atoms with E-state index in [0.717, 1.165) is 55.1 Å². The highest BCUT2D eigenvalue weighted by atomic mass is 19.4. The quantitative estimate of drug-likeness (QED) is 0.325. The molecule has 0 bridgehead atoms. The van der Waals surface area contributed by atoms with Crippen LogP contribution in [0.25, 0.3) is 21.8 Å². The van der Waals surface area contributed by atoms with Gasteiger partial charge in [0.15, 0.2) is 0 Å². The maximum absolute atomic E-state index is 13.7. The van der Waals surface area contributed by atoms with Gasteiger partial charge in [0.25, 0.3) is 0 Å². The summed E-state index contributed by atoms with van der Waals surface area (Å²) in [7, 11) is 0. The number of nitrogens with two attached hydrogens (primary N) is 1. The van der Waals surface area contributed by atoms with Gasteiger partial charge in [-0.05, 0) is 69.0 Å². The Morgan fingerprint density at radius 3 is 2.69 bits per heavy atom. The summed E-state index contributed by atoms with van der Waals surface area (Å²) in [6, 6.07) is 13.3. The minimum absolute atomic E-state index is 0.107. The van der Waals surface area contributed by atoms with Crippen molar-refractivity contribution in [2.75, 3.05) is 13.1 Å². The van der Waals surface area contributed by atoms with E-state index in [1.807, 2.05) is 30.5 Å². The van der Waals surface area contributed by atoms with Gasteiger partial charge in [0.2, 0.25) is 0 Å². The molecule has 1 aromatic carbocycles. The molecule has 0 spiro atoms. The van der Waals surface area contributed by atoms with E-state index >= 15 is 0 Å². The van der Waals surface area contributed by atoms with Crippen LogP contribution in [0.3, 0.4) is 0 Å². The fourth-order valence-electron chi connectivity index (χ4n) is 5.47. The molecule has 0 radical (unpaired) electrons. The van der Waals surface area contributed by atoms with E-state index < -0.39 is 12.7 Å². The van der Waals surface area contributed by atoms with E-state index in [1.54, 1.807) is 18.3 Å². The van der Waals surface area contributed by atoms with Gasteiger partial charge in [0.05, 0.1) is 22.9 Å². The zero-order chi connectivity index (χ0) is 24.4. The number of hydrogen-bond donors (Lipinski definition) is 1. The van der Waals surface area contributed by atoms with Crippen molar-refractivity contribution < 1.29 is 13.2 Å². The average molecular weight is 482 g/mol. The summed E-state index contributed by atoms with van der Waals surface area (Å²) in [5.74, 6) is 0. The highest BCUT2D eigenvalue weighted by molar-refractivity contribution is 6.08. The molecule has 1 unspecified atom stereocenters. The van der Waals surface area contributed by atoms with Crippen molar-refractivity contribution in [3.8, 4) is 0 Å². The van der Waals surface area contributed by atoms with Crippen molar-refractivity contribution in [2.45, 2.75) is 57.4 Å². The topological polar surface area (TPSA) is 60.0 Å². The summed E-state index contributed by atoms with van der Waals surface area (Å²) in [6.07, 6.45) is 4.04. The van der Waals surface area contributed by atoms with Crippen LogP contribution in [0.2, 0.25) is 0 Å². The van der Waals surface area contributed by atoms with Crippen molar-refractivity contribution in [3.63, 3.8) is 0 Å². The van der Waals surface area contributed by atoms with E-state index in [2.05, 4.69) is 16.0 Å². The molecular formula is C27H30F3N5. The maximum atomic E-state index is 13.7. The Balaban J connectivity index is 1.60. The maximum Gasteiger partial charge on any atom is 0.406 e. The van der Waals surface area contributed by atoms with Crippen molar-refractivity contribution in [1.29, 1.82) is 0 Å². The standard InChI is InChI=1S/C27H30F3N5/c28-27(29,30)18-35-23-10-2-1-9-20(23)21-12-15-32-22(26(21)35)17-34(16-4-3-13-31)24-11-5-7-19-8-6-14-33-25(19)24/h1-2,6,8-10,12,14-15,24H,3-5,7,11,13,16-18,31H2. The number of alkyl halides is 3. The molecule has 5 nitrogen and oxygen atoms in total. The first-order valence-corrected chi connectivity index (χ1v) is 12.3. The Kier molecular flexibility index (Phi) is 6.75. The minimum atomic E-state index is -4.34. The second-order valence-corrected chi connectivity index (χ2v) is 9.29. The predicted molar refractivity (Wildman–Crippen MR) is 132 cm³/mol. The Bertz CT molecular complexity index is 1310. The summed E-state index contributed by atoms with van der Waals surface area (Å²) in [5.41, 5.74) is 9.90. The third-order valence-electron chi connectivity index (χ3n) is 6.95. The number of aryl methyl sites for hydroxylation is 1. The number of aromatic nitrogens is 3. The molecule has 0 amide bonds. The summed E-state index contributed by atoms with van der Waals surface area (Å²) in [4.78, 5) is 11.7. The lowest BCUT2D eigenvalue weighted by Gasteiger charge is -2.35. The van der Waals surface area contributed by atoms with Crippen molar-refractivity contribution in [3.05, 3.63) is 71.8 Å². The predicted octanol–water partition coefficient (Wildman–Crippen LogP) is 5.77. The molecule has 0 fully saturated rings. The van der Waals surface area contributed by atoms with Gasteiger partial charge in [0.1, 0.15) is 6.54 Å². The van der Waals surface area contributed by atoms with E-state index in [1.165, 1.54) is 10.1 Å². The molecule has 0 aliphatic heterocycles. The van der Waals surface area contributed by atoms with Crippen LogP contribution >= 0.6 is 0 Å². The van der Waals surface area contributed by atoms with Gasteiger partial charge >= 0.3 is 6.18 Å². The number of hydrogen-bond acceptors (Lipinski definition) is 4. The van der Waals surface area contributed by atoms with Gasteiger partial charge < -0.3 is 10.3 Å². The van der Waals surface area contributed by atoms with Gasteiger partial charge in [-0.2, -0.15) is 13.2 Å². The van der Waals surface area contributed by atoms with Crippen LogP contribution in [0.15, 0.2) is 54.9 Å². The second kappa shape index (κ2) is 9.95. The Labute approximate surface area is 202 Å². The van der Waals surface area contributed by atoms with Crippen LogP contribution in [0.5, 0.6) is 0 Å². The third-order valence-corrected chi connectivity index (χ3v) is 6.95. The molecule has 184 valence electrons. The molecule has 1 aliphatic rings. The summed E-state index contributed by atoms with van der Waals surface area (Å²) in [6.45, 7) is 0.809. The number of fused-ring (bicyclic) bond motifs is 4. The Hall–Kier alpha value is -2.97. The summed E-state index contributed by atoms with van der Waals surface area (Å²) >= 11 is 0. The van der Waals surface area contributed by atoms with Crippen LogP contribution in [-0.4, -0.2) is 38.7 Å². The number of halogens is 3. The monoisotopic (exact) mass is 481 g/mol. The first kappa shape index (κ1) is 23.8. The lowest BCUT2D eigenvalue weighted by atomic mass is 9.90. The summed E-state index contributed by atoms with van der Waals surface area (Å²) in [5, 5.41) is 1.62. The number of pyridine rings is 2. The first-order chi connectivity index (χ1) is 17.0. The van der Waals surface area contributed by atoms with Crippen LogP contribution in [-0.2, 0) is 19.5 Å². The van der Waals surface area contributed by atoms with Gasteiger partial charge in [-0.25, -0.2) is 0 Å². The molecule has 35 heavy (non-hydrogen) atoms. The normalized spacial score (nSPS) is 16.3. The molecule has 1 aliphatic carbocycles. The van der Waals surface area contributed by atoms with Crippen molar-refractivity contribution >= 4 is 21.8 Å². The van der Waals surface area contributed by atoms with Crippen LogP contribution in [0, 0.1) is 0 Å². The van der Waals surface area contributed by atoms with E-state index in [0.29, 0.717) is 29.8 Å². The molecule has 1 atom stereocenters. The molecule has 0 saturated heterocycles. The number of para-hydroxylation sites is 1. The lowest BCUT2D eigenvalue weighted by Crippen LogP contribution is -2.33. The largest absolute Gasteiger partial charge is 0.406 e. The molecule has 4 aromatic rings. The van der Waals surface area contributed by atoms with Gasteiger partial charge in [0, 0.05) is 35.2 Å². The van der Waals surface area contributed by atoms with E-state index in [4.69, 9.17) is 10.7 Å². The molecule has 5 rings (SSSR count). The highest BCUT2D eigenvalue weighted by Gasteiger charge is 2.32. The minimum Gasteiger partial charge on any atom is -0.330 e. The van der Waals surface area contributed by atoms with Crippen molar-refractivity contribution in [1.82, 2.24) is 19.4 Å². The highest BCUT2D eigenvalue weighted by Crippen LogP contribution is 2.37. The second-order valence-electron chi connectivity index (χ2n) is 9.29. The first-order valence-electron chi connectivity index (χ1n) is 12.3. The lowest BCUT2D eigenvalue weighted by molar-refractivity contribution is -0.139. The van der Waals surface area contributed by atoms with E-state index in [-0.39, 0.29) is 6.04 Å². The van der Waals surface area contributed by atoms with E-state index in [9.17, 15) is 13.2 Å². The fourth-order valence-corrected chi connectivity index (χ4v) is 5.47. The van der Waals surface area contributed by atoms with Gasteiger partial charge in [-0.1, -0.05) is 24.3 Å². The van der Waals surface area contributed by atoms with Gasteiger partial charge in [-0.15, -0.1) is 0 Å². The zero-order valence-electron chi connectivity index (χ0n) is 19.6. The van der Waals surface area contributed by atoms with Gasteiger partial charge in [-0.3, -0.25) is 14.9 Å². The molecular weight excluding hydrogens is 451 g/mol. The molecule has 3 aromatic heterocycles. The van der Waals surface area contributed by atoms with Crippen molar-refractivity contribution in [2.24, 2.45) is 5.73 Å². The Morgan fingerprint density at radius 1 is 1.00 bits per heavy atom. The molecule has 8 heteroatoms. The average Bonchev–Trinajstić information content (AvgIpc) is 3.16. The molecule has 2 N–H and O–H groups in total. The van der Waals surface area contributed by atoms with Crippen LogP contribution < -0.4 is 5.73 Å². The number of benzene rings is 1. The summed E-state index contributed by atoms with van der Waals surface area (Å²) < 4.78 is 42.4. The van der Waals surface area contributed by atoms with Crippen LogP contribution in [0.1, 0.15) is 48.7 Å². The van der Waals surface area contributed by atoms with Crippen LogP contribution in [0.4, 0.5) is 13.2 Å². The Morgan fingerprint density at radius 2 is 1.86 bits per heavy atom. The molecule has 0 saturated carbocycles. The SMILES string of the molecule is NCCCCN(Cc1nccc2c3ccccc3n(CC(F)(F)F)c12)C1CCCc2cccnc21. The smallest absolute Gasteiger partial charge is 0.330 e.